The maximum Gasteiger partial charge on any atom is 0.253 e. The molecule has 2 amide bonds. The van der Waals surface area contributed by atoms with Gasteiger partial charge in [0.05, 0.1) is 25.2 Å². The summed E-state index contributed by atoms with van der Waals surface area (Å²) in [5, 5.41) is 10.0. The van der Waals surface area contributed by atoms with Crippen LogP contribution in [0.5, 0.6) is 5.75 Å². The van der Waals surface area contributed by atoms with Crippen molar-refractivity contribution in [3.05, 3.63) is 23.3 Å². The number of aromatic hydroxyl groups is 1. The molecule has 126 valence electrons. The maximum absolute atomic E-state index is 12.4. The molecular weight excluding hydrogens is 311 g/mol. The first kappa shape index (κ1) is 18.0. The van der Waals surface area contributed by atoms with Crippen LogP contribution in [0.2, 0.25) is 0 Å². The van der Waals surface area contributed by atoms with Gasteiger partial charge >= 0.3 is 0 Å². The first-order valence-electron chi connectivity index (χ1n) is 7.54. The summed E-state index contributed by atoms with van der Waals surface area (Å²) in [6, 6.07) is 2.57. The van der Waals surface area contributed by atoms with E-state index in [2.05, 4.69) is 0 Å². The van der Waals surface area contributed by atoms with Gasteiger partial charge in [-0.25, -0.2) is 0 Å². The Morgan fingerprint density at radius 3 is 2.46 bits per heavy atom. The van der Waals surface area contributed by atoms with Crippen molar-refractivity contribution in [1.29, 1.82) is 0 Å². The standard InChI is InChI=1S/C16H19BN2O5/c1-18(2)16(23)10-7-11(15(22)12(17)8-10)13(20)9-14(21)19-3-5-24-6-4-19/h7-8,22H,3-6,9H2,1-2H3. The normalized spacial score (nSPS) is 14.3. The SMILES string of the molecule is [B]c1cc(C(=O)N(C)C)cc(C(=O)CC(=O)N2CCOCC2)c1O. The van der Waals surface area contributed by atoms with Crippen molar-refractivity contribution in [2.45, 2.75) is 6.42 Å². The average molecular weight is 330 g/mol. The third kappa shape index (κ3) is 3.94. The number of carbonyl (C=O) groups is 3. The highest BCUT2D eigenvalue weighted by Gasteiger charge is 2.23. The van der Waals surface area contributed by atoms with Gasteiger partial charge in [-0.3, -0.25) is 14.4 Å². The number of carbonyl (C=O) groups excluding carboxylic acids is 3. The second kappa shape index (κ2) is 7.48. The van der Waals surface area contributed by atoms with Gasteiger partial charge in [0.1, 0.15) is 13.6 Å². The van der Waals surface area contributed by atoms with Crippen LogP contribution in [0.4, 0.5) is 0 Å². The molecule has 0 bridgehead atoms. The van der Waals surface area contributed by atoms with Crippen LogP contribution in [0.15, 0.2) is 12.1 Å². The van der Waals surface area contributed by atoms with Gasteiger partial charge in [0.2, 0.25) is 5.91 Å². The summed E-state index contributed by atoms with van der Waals surface area (Å²) in [7, 11) is 8.81. The lowest BCUT2D eigenvalue weighted by Crippen LogP contribution is -2.41. The van der Waals surface area contributed by atoms with Crippen molar-refractivity contribution in [3.63, 3.8) is 0 Å². The van der Waals surface area contributed by atoms with Crippen molar-refractivity contribution < 1.29 is 24.2 Å². The molecule has 2 rings (SSSR count). The molecule has 1 aliphatic heterocycles. The lowest BCUT2D eigenvalue weighted by Gasteiger charge is -2.26. The van der Waals surface area contributed by atoms with Crippen LogP contribution in [0.25, 0.3) is 0 Å². The van der Waals surface area contributed by atoms with Crippen molar-refractivity contribution in [1.82, 2.24) is 9.80 Å². The predicted molar refractivity (Wildman–Crippen MR) is 87.9 cm³/mol. The van der Waals surface area contributed by atoms with Crippen molar-refractivity contribution >= 4 is 30.9 Å². The van der Waals surface area contributed by atoms with Gasteiger partial charge in [-0.15, -0.1) is 0 Å². The lowest BCUT2D eigenvalue weighted by atomic mass is 9.88. The van der Waals surface area contributed by atoms with E-state index in [4.69, 9.17) is 12.6 Å². The van der Waals surface area contributed by atoms with E-state index >= 15 is 0 Å². The largest absolute Gasteiger partial charge is 0.508 e. The number of hydrogen-bond acceptors (Lipinski definition) is 5. The van der Waals surface area contributed by atoms with Crippen LogP contribution in [0, 0.1) is 0 Å². The molecule has 1 aliphatic rings. The zero-order valence-corrected chi connectivity index (χ0v) is 13.7. The molecule has 1 aromatic rings. The molecule has 0 saturated carbocycles. The van der Waals surface area contributed by atoms with E-state index in [0.717, 1.165) is 0 Å². The highest BCUT2D eigenvalue weighted by molar-refractivity contribution is 6.35. The molecule has 1 saturated heterocycles. The molecule has 1 heterocycles. The van der Waals surface area contributed by atoms with Crippen LogP contribution in [-0.2, 0) is 9.53 Å². The summed E-state index contributed by atoms with van der Waals surface area (Å²) in [5.41, 5.74) is -0.0239. The molecule has 1 N–H and O–H groups in total. The van der Waals surface area contributed by atoms with Crippen LogP contribution in [0.1, 0.15) is 27.1 Å². The van der Waals surface area contributed by atoms with E-state index in [0.29, 0.717) is 26.3 Å². The minimum atomic E-state index is -0.580. The van der Waals surface area contributed by atoms with Gasteiger partial charge in [-0.05, 0) is 6.07 Å². The van der Waals surface area contributed by atoms with E-state index in [-0.39, 0.29) is 28.4 Å². The lowest BCUT2D eigenvalue weighted by molar-refractivity contribution is -0.134. The van der Waals surface area contributed by atoms with E-state index in [9.17, 15) is 19.5 Å². The number of nitrogens with zero attached hydrogens (tertiary/aromatic N) is 2. The molecule has 2 radical (unpaired) electrons. The first-order valence-corrected chi connectivity index (χ1v) is 7.54. The fraction of sp³-hybridized carbons (Fsp3) is 0.438. The second-order valence-electron chi connectivity index (χ2n) is 5.75. The molecule has 0 unspecified atom stereocenters. The van der Waals surface area contributed by atoms with Gasteiger partial charge in [0.15, 0.2) is 5.78 Å². The van der Waals surface area contributed by atoms with Gasteiger partial charge in [-0.1, -0.05) is 11.5 Å². The van der Waals surface area contributed by atoms with Crippen LogP contribution >= 0.6 is 0 Å². The highest BCUT2D eigenvalue weighted by Crippen LogP contribution is 2.19. The number of benzene rings is 1. The van der Waals surface area contributed by atoms with Crippen molar-refractivity contribution in [2.75, 3.05) is 40.4 Å². The molecule has 24 heavy (non-hydrogen) atoms. The molecule has 0 spiro atoms. The van der Waals surface area contributed by atoms with E-state index in [1.54, 1.807) is 14.1 Å². The number of hydrogen-bond donors (Lipinski definition) is 1. The number of Topliss-reactive ketones (excluding diaryl/α,β-unsaturated/α-hetero) is 1. The Hall–Kier alpha value is -2.35. The Bertz CT molecular complexity index is 669. The average Bonchev–Trinajstić information content (AvgIpc) is 2.56. The van der Waals surface area contributed by atoms with Crippen LogP contribution in [0.3, 0.4) is 0 Å². The molecule has 0 aromatic heterocycles. The number of phenolic OH excluding ortho intramolecular Hbond substituents is 1. The predicted octanol–water partition coefficient (Wildman–Crippen LogP) is -0.681. The fourth-order valence-electron chi connectivity index (χ4n) is 2.41. The fourth-order valence-corrected chi connectivity index (χ4v) is 2.41. The third-order valence-corrected chi connectivity index (χ3v) is 3.77. The Labute approximate surface area is 141 Å². The van der Waals surface area contributed by atoms with E-state index in [1.807, 2.05) is 0 Å². The highest BCUT2D eigenvalue weighted by atomic mass is 16.5. The zero-order chi connectivity index (χ0) is 17.9. The number of amides is 2. The molecule has 1 aromatic carbocycles. The molecule has 0 aliphatic carbocycles. The summed E-state index contributed by atoms with van der Waals surface area (Å²) in [4.78, 5) is 39.5. The Kier molecular flexibility index (Phi) is 5.61. The van der Waals surface area contributed by atoms with Gasteiger partial charge in [-0.2, -0.15) is 0 Å². The smallest absolute Gasteiger partial charge is 0.253 e. The van der Waals surface area contributed by atoms with E-state index < -0.39 is 18.0 Å². The maximum atomic E-state index is 12.4. The number of phenols is 1. The molecule has 8 heteroatoms. The zero-order valence-electron chi connectivity index (χ0n) is 13.7. The van der Waals surface area contributed by atoms with E-state index in [1.165, 1.54) is 21.9 Å². The number of ketones is 1. The molecule has 0 atom stereocenters. The minimum Gasteiger partial charge on any atom is -0.508 e. The molecule has 7 nitrogen and oxygen atoms in total. The number of morpholine rings is 1. The summed E-state index contributed by atoms with van der Waals surface area (Å²) >= 11 is 0. The topological polar surface area (TPSA) is 87.2 Å². The Morgan fingerprint density at radius 1 is 1.25 bits per heavy atom. The van der Waals surface area contributed by atoms with Crippen LogP contribution in [-0.4, -0.2) is 80.7 Å². The molecule has 1 fully saturated rings. The third-order valence-electron chi connectivity index (χ3n) is 3.77. The Balaban J connectivity index is 2.21. The van der Waals surface area contributed by atoms with Crippen molar-refractivity contribution in [2.24, 2.45) is 0 Å². The van der Waals surface area contributed by atoms with Crippen LogP contribution < -0.4 is 5.46 Å². The number of rotatable bonds is 4. The van der Waals surface area contributed by atoms with Gasteiger partial charge in [0, 0.05) is 32.7 Å². The summed E-state index contributed by atoms with van der Waals surface area (Å²) in [6.07, 6.45) is -0.396. The van der Waals surface area contributed by atoms with Gasteiger partial charge in [0.25, 0.3) is 5.91 Å². The second-order valence-corrected chi connectivity index (χ2v) is 5.75. The summed E-state index contributed by atoms with van der Waals surface area (Å²) < 4.78 is 5.16. The monoisotopic (exact) mass is 330 g/mol. The summed E-state index contributed by atoms with van der Waals surface area (Å²) in [5.74, 6) is -1.69. The minimum absolute atomic E-state index is 0.0788. The first-order chi connectivity index (χ1) is 11.3. The quantitative estimate of drug-likeness (QED) is 0.449. The van der Waals surface area contributed by atoms with Crippen molar-refractivity contribution in [3.8, 4) is 5.75 Å². The number of ether oxygens (including phenoxy) is 1. The van der Waals surface area contributed by atoms with Gasteiger partial charge < -0.3 is 19.6 Å². The molecular formula is C16H19BN2O5. The summed E-state index contributed by atoms with van der Waals surface area (Å²) in [6.45, 7) is 1.73. The Morgan fingerprint density at radius 2 is 1.88 bits per heavy atom.